The molecule has 1 saturated heterocycles. The van der Waals surface area contributed by atoms with Crippen molar-refractivity contribution in [3.8, 4) is 11.5 Å². The van der Waals surface area contributed by atoms with Crippen LogP contribution in [0.5, 0.6) is 11.5 Å². The van der Waals surface area contributed by atoms with Gasteiger partial charge in [-0.25, -0.2) is 0 Å². The van der Waals surface area contributed by atoms with Crippen molar-refractivity contribution in [1.29, 1.82) is 0 Å². The second kappa shape index (κ2) is 8.02. The molecule has 0 unspecified atom stereocenters. The van der Waals surface area contributed by atoms with Crippen LogP contribution in [0.3, 0.4) is 0 Å². The lowest BCUT2D eigenvalue weighted by atomic mass is 9.89. The summed E-state index contributed by atoms with van der Waals surface area (Å²) in [5.74, 6) is -0.533. The summed E-state index contributed by atoms with van der Waals surface area (Å²) in [6.07, 6.45) is 4.32. The molecule has 0 bridgehead atoms. The zero-order valence-corrected chi connectivity index (χ0v) is 16.5. The van der Waals surface area contributed by atoms with Crippen LogP contribution >= 0.6 is 0 Å². The van der Waals surface area contributed by atoms with E-state index < -0.39 is 17.7 Å². The van der Waals surface area contributed by atoms with Gasteiger partial charge in [0.1, 0.15) is 0 Å². The zero-order chi connectivity index (χ0) is 21.3. The maximum atomic E-state index is 13.0. The molecule has 2 aliphatic heterocycles. The molecule has 2 aliphatic rings. The number of anilines is 1. The topological polar surface area (TPSA) is 124 Å². The van der Waals surface area contributed by atoms with Gasteiger partial charge in [0.15, 0.2) is 11.5 Å². The Balaban J connectivity index is 1.54. The number of benzene rings is 1. The number of rotatable bonds is 3. The molecule has 0 spiro atoms. The minimum Gasteiger partial charge on any atom is -0.454 e. The Hall–Kier alpha value is -3.62. The highest BCUT2D eigenvalue weighted by Crippen LogP contribution is 2.39. The molecular weight excluding hydrogens is 388 g/mol. The Kier molecular flexibility index (Phi) is 5.26. The molecule has 3 amide bonds. The van der Waals surface area contributed by atoms with E-state index in [1.165, 1.54) is 18.5 Å². The summed E-state index contributed by atoms with van der Waals surface area (Å²) in [6.45, 7) is 2.68. The predicted molar refractivity (Wildman–Crippen MR) is 107 cm³/mol. The normalized spacial score (nSPS) is 20.0. The molecule has 9 nitrogen and oxygen atoms in total. The number of amides is 3. The first-order valence-electron chi connectivity index (χ1n) is 9.68. The van der Waals surface area contributed by atoms with Gasteiger partial charge in [-0.1, -0.05) is 13.0 Å². The number of fused-ring (bicyclic) bond motifs is 1. The first-order valence-corrected chi connectivity index (χ1v) is 9.68. The number of piperidine rings is 1. The van der Waals surface area contributed by atoms with Crippen LogP contribution in [-0.2, 0) is 9.59 Å². The standard InChI is InChI=1S/C21H22N4O5/c1-12-2-4-16(13-3-5-17-18(7-13)30-11-29-17)25(10-12)21(28)20(27)24-15-6-14(19(22)26)8-23-9-15/h3,5-9,12,16H,2,4,10-11H2,1H3,(H2,22,26)(H,24,27)/t12-,16+/m1/s1. The number of hydrogen-bond donors (Lipinski definition) is 2. The van der Waals surface area contributed by atoms with E-state index in [-0.39, 0.29) is 30.0 Å². The lowest BCUT2D eigenvalue weighted by Gasteiger charge is -2.38. The maximum Gasteiger partial charge on any atom is 0.313 e. The third kappa shape index (κ3) is 3.91. The van der Waals surface area contributed by atoms with E-state index in [0.29, 0.717) is 18.0 Å². The summed E-state index contributed by atoms with van der Waals surface area (Å²) in [5.41, 5.74) is 6.51. The maximum absolute atomic E-state index is 13.0. The lowest BCUT2D eigenvalue weighted by Crippen LogP contribution is -2.46. The van der Waals surface area contributed by atoms with Crippen LogP contribution in [0.2, 0.25) is 0 Å². The molecule has 1 aromatic heterocycles. The largest absolute Gasteiger partial charge is 0.454 e. The Bertz CT molecular complexity index is 1010. The van der Waals surface area contributed by atoms with Crippen LogP contribution in [0.25, 0.3) is 0 Å². The van der Waals surface area contributed by atoms with E-state index in [2.05, 4.69) is 10.3 Å². The van der Waals surface area contributed by atoms with E-state index in [0.717, 1.165) is 18.4 Å². The summed E-state index contributed by atoms with van der Waals surface area (Å²) >= 11 is 0. The molecule has 156 valence electrons. The summed E-state index contributed by atoms with van der Waals surface area (Å²) in [5, 5.41) is 2.52. The zero-order valence-electron chi connectivity index (χ0n) is 16.5. The molecule has 4 rings (SSSR count). The van der Waals surface area contributed by atoms with Crippen LogP contribution in [0, 0.1) is 5.92 Å². The fourth-order valence-electron chi connectivity index (χ4n) is 3.80. The van der Waals surface area contributed by atoms with Crippen LogP contribution in [-0.4, -0.2) is 40.9 Å². The Labute approximate surface area is 173 Å². The molecule has 2 atom stereocenters. The summed E-state index contributed by atoms with van der Waals surface area (Å²) in [4.78, 5) is 42.5. The average molecular weight is 410 g/mol. The van der Waals surface area contributed by atoms with Gasteiger partial charge in [-0.3, -0.25) is 19.4 Å². The highest BCUT2D eigenvalue weighted by Gasteiger charge is 2.35. The third-order valence-electron chi connectivity index (χ3n) is 5.33. The molecule has 30 heavy (non-hydrogen) atoms. The molecule has 0 saturated carbocycles. The van der Waals surface area contributed by atoms with Gasteiger partial charge in [-0.15, -0.1) is 0 Å². The molecule has 9 heteroatoms. The molecule has 0 radical (unpaired) electrons. The molecule has 0 aliphatic carbocycles. The van der Waals surface area contributed by atoms with E-state index in [1.807, 2.05) is 25.1 Å². The Morgan fingerprint density at radius 3 is 2.73 bits per heavy atom. The number of carbonyl (C=O) groups is 3. The van der Waals surface area contributed by atoms with E-state index >= 15 is 0 Å². The van der Waals surface area contributed by atoms with E-state index in [1.54, 1.807) is 4.90 Å². The van der Waals surface area contributed by atoms with Gasteiger partial charge in [0.25, 0.3) is 0 Å². The highest BCUT2D eigenvalue weighted by molar-refractivity contribution is 6.39. The molecule has 3 N–H and O–H groups in total. The smallest absolute Gasteiger partial charge is 0.313 e. The molecule has 1 aromatic carbocycles. The van der Waals surface area contributed by atoms with Crippen LogP contribution < -0.4 is 20.5 Å². The number of nitrogens with two attached hydrogens (primary N) is 1. The number of primary amides is 1. The fourth-order valence-corrected chi connectivity index (χ4v) is 3.80. The molecule has 2 aromatic rings. The lowest BCUT2D eigenvalue weighted by molar-refractivity contribution is -0.146. The molecular formula is C21H22N4O5. The second-order valence-corrected chi connectivity index (χ2v) is 7.55. The number of nitrogens with one attached hydrogen (secondary N) is 1. The number of aromatic nitrogens is 1. The van der Waals surface area contributed by atoms with Gasteiger partial charge in [0.05, 0.1) is 23.5 Å². The number of likely N-dealkylation sites (tertiary alicyclic amines) is 1. The minimum absolute atomic E-state index is 0.144. The van der Waals surface area contributed by atoms with E-state index in [9.17, 15) is 14.4 Å². The van der Waals surface area contributed by atoms with Crippen LogP contribution in [0.4, 0.5) is 5.69 Å². The van der Waals surface area contributed by atoms with Crippen molar-refractivity contribution in [3.05, 3.63) is 47.8 Å². The summed E-state index contributed by atoms with van der Waals surface area (Å²) in [6, 6.07) is 6.71. The van der Waals surface area contributed by atoms with Gasteiger partial charge in [-0.2, -0.15) is 0 Å². The van der Waals surface area contributed by atoms with Crippen molar-refractivity contribution in [2.45, 2.75) is 25.8 Å². The van der Waals surface area contributed by atoms with Crippen molar-refractivity contribution in [2.24, 2.45) is 11.7 Å². The Morgan fingerprint density at radius 1 is 1.13 bits per heavy atom. The summed E-state index contributed by atoms with van der Waals surface area (Å²) in [7, 11) is 0. The quantitative estimate of drug-likeness (QED) is 0.744. The van der Waals surface area contributed by atoms with Crippen LogP contribution in [0.15, 0.2) is 36.7 Å². The van der Waals surface area contributed by atoms with Crippen molar-refractivity contribution in [1.82, 2.24) is 9.88 Å². The number of ether oxygens (including phenoxy) is 2. The first-order chi connectivity index (χ1) is 14.4. The monoisotopic (exact) mass is 410 g/mol. The van der Waals surface area contributed by atoms with Gasteiger partial charge in [0, 0.05) is 12.7 Å². The van der Waals surface area contributed by atoms with Gasteiger partial charge in [-0.05, 0) is 42.5 Å². The number of pyridine rings is 1. The summed E-state index contributed by atoms with van der Waals surface area (Å²) < 4.78 is 10.8. The average Bonchev–Trinajstić information content (AvgIpc) is 3.21. The third-order valence-corrected chi connectivity index (χ3v) is 5.33. The molecule has 1 fully saturated rings. The number of nitrogens with zero attached hydrogens (tertiary/aromatic N) is 2. The highest BCUT2D eigenvalue weighted by atomic mass is 16.7. The number of hydrogen-bond acceptors (Lipinski definition) is 6. The van der Waals surface area contributed by atoms with Gasteiger partial charge in [0.2, 0.25) is 12.7 Å². The first kappa shape index (κ1) is 19.7. The number of carbonyl (C=O) groups excluding carboxylic acids is 3. The van der Waals surface area contributed by atoms with Crippen molar-refractivity contribution >= 4 is 23.4 Å². The Morgan fingerprint density at radius 2 is 1.93 bits per heavy atom. The fraction of sp³-hybridized carbons (Fsp3) is 0.333. The van der Waals surface area contributed by atoms with Gasteiger partial charge >= 0.3 is 11.8 Å². The molecule has 3 heterocycles. The van der Waals surface area contributed by atoms with Gasteiger partial charge < -0.3 is 25.4 Å². The van der Waals surface area contributed by atoms with Crippen molar-refractivity contribution in [2.75, 3.05) is 18.7 Å². The van der Waals surface area contributed by atoms with E-state index in [4.69, 9.17) is 15.2 Å². The predicted octanol–water partition coefficient (Wildman–Crippen LogP) is 1.85. The van der Waals surface area contributed by atoms with Crippen molar-refractivity contribution in [3.63, 3.8) is 0 Å². The second-order valence-electron chi connectivity index (χ2n) is 7.55. The SMILES string of the molecule is C[C@@H]1CC[C@@H](c2ccc3c(c2)OCO3)N(C(=O)C(=O)Nc2cncc(C(N)=O)c2)C1. The van der Waals surface area contributed by atoms with Crippen LogP contribution in [0.1, 0.15) is 41.7 Å². The van der Waals surface area contributed by atoms with Crippen molar-refractivity contribution < 1.29 is 23.9 Å². The minimum atomic E-state index is -0.793.